The Bertz CT molecular complexity index is 893. The number of carbonyl (C=O) groups excluding carboxylic acids is 1. The van der Waals surface area contributed by atoms with Gasteiger partial charge in [0.1, 0.15) is 5.75 Å². The van der Waals surface area contributed by atoms with Gasteiger partial charge in [-0.2, -0.15) is 0 Å². The molecule has 116 valence electrons. The zero-order valence-electron chi connectivity index (χ0n) is 12.3. The lowest BCUT2D eigenvalue weighted by Gasteiger charge is -2.09. The second-order valence-corrected chi connectivity index (χ2v) is 5.01. The molecule has 5 heteroatoms. The predicted octanol–water partition coefficient (Wildman–Crippen LogP) is 3.95. The number of carbonyl (C=O) groups is 1. The van der Waals surface area contributed by atoms with Crippen LogP contribution in [-0.2, 0) is 0 Å². The number of ether oxygens (including phenoxy) is 1. The van der Waals surface area contributed by atoms with Crippen molar-refractivity contribution in [1.82, 2.24) is 0 Å². The van der Waals surface area contributed by atoms with Crippen molar-refractivity contribution in [2.45, 2.75) is 0 Å². The van der Waals surface area contributed by atoms with Crippen LogP contribution in [0.3, 0.4) is 0 Å². The molecule has 3 rings (SSSR count). The third-order valence-corrected chi connectivity index (χ3v) is 3.52. The third kappa shape index (κ3) is 2.94. The molecule has 0 unspecified atom stereocenters. The van der Waals surface area contributed by atoms with E-state index in [0.29, 0.717) is 16.6 Å². The molecule has 0 aliphatic heterocycles. The van der Waals surface area contributed by atoms with Gasteiger partial charge in [-0.25, -0.2) is 4.39 Å². The van der Waals surface area contributed by atoms with Gasteiger partial charge in [0, 0.05) is 17.3 Å². The normalized spacial score (nSPS) is 10.5. The van der Waals surface area contributed by atoms with E-state index in [2.05, 4.69) is 5.32 Å². The van der Waals surface area contributed by atoms with E-state index >= 15 is 0 Å². The Labute approximate surface area is 132 Å². The minimum absolute atomic E-state index is 0.114. The Hall–Kier alpha value is -3.08. The Morgan fingerprint density at radius 1 is 1.13 bits per heavy atom. The van der Waals surface area contributed by atoms with E-state index in [4.69, 9.17) is 4.74 Å². The lowest BCUT2D eigenvalue weighted by molar-refractivity contribution is 0.102. The molecule has 0 aliphatic rings. The van der Waals surface area contributed by atoms with Crippen LogP contribution in [0.2, 0.25) is 0 Å². The molecule has 0 radical (unpaired) electrons. The summed E-state index contributed by atoms with van der Waals surface area (Å²) in [5.74, 6) is -0.657. The van der Waals surface area contributed by atoms with Crippen molar-refractivity contribution in [2.75, 3.05) is 12.4 Å². The molecular formula is C18H14FNO3. The summed E-state index contributed by atoms with van der Waals surface area (Å²) >= 11 is 0. The zero-order valence-corrected chi connectivity index (χ0v) is 12.3. The average molecular weight is 311 g/mol. The summed E-state index contributed by atoms with van der Waals surface area (Å²) in [5, 5.41) is 13.6. The molecule has 0 saturated carbocycles. The molecule has 0 aromatic heterocycles. The topological polar surface area (TPSA) is 58.6 Å². The first-order valence-corrected chi connectivity index (χ1v) is 6.95. The quantitative estimate of drug-likeness (QED) is 0.770. The molecule has 1 amide bonds. The fourth-order valence-electron chi connectivity index (χ4n) is 2.41. The Morgan fingerprint density at radius 2 is 1.96 bits per heavy atom. The van der Waals surface area contributed by atoms with Gasteiger partial charge >= 0.3 is 0 Å². The van der Waals surface area contributed by atoms with Crippen molar-refractivity contribution in [3.8, 4) is 11.5 Å². The molecule has 3 aromatic carbocycles. The number of phenols is 1. The number of methoxy groups -OCH3 is 1. The van der Waals surface area contributed by atoms with Gasteiger partial charge in [0.25, 0.3) is 5.91 Å². The molecular weight excluding hydrogens is 297 g/mol. The number of hydrogen-bond acceptors (Lipinski definition) is 3. The number of fused-ring (bicyclic) bond motifs is 1. The van der Waals surface area contributed by atoms with Gasteiger partial charge in [-0.3, -0.25) is 4.79 Å². The SMILES string of the molecule is COc1ccc(NC(=O)c2cccc3cc(O)ccc23)cc1F. The predicted molar refractivity (Wildman–Crippen MR) is 86.5 cm³/mol. The summed E-state index contributed by atoms with van der Waals surface area (Å²) in [4.78, 5) is 12.5. The number of amides is 1. The summed E-state index contributed by atoms with van der Waals surface area (Å²) < 4.78 is 18.5. The van der Waals surface area contributed by atoms with Crippen molar-refractivity contribution in [3.05, 3.63) is 66.0 Å². The highest BCUT2D eigenvalue weighted by Gasteiger charge is 2.12. The van der Waals surface area contributed by atoms with Crippen LogP contribution in [-0.4, -0.2) is 18.1 Å². The average Bonchev–Trinajstić information content (AvgIpc) is 2.54. The summed E-state index contributed by atoms with van der Waals surface area (Å²) in [7, 11) is 1.38. The number of nitrogens with one attached hydrogen (secondary N) is 1. The van der Waals surface area contributed by atoms with Crippen molar-refractivity contribution in [2.24, 2.45) is 0 Å². The van der Waals surface area contributed by atoms with Crippen molar-refractivity contribution < 1.29 is 19.0 Å². The molecule has 2 N–H and O–H groups in total. The fraction of sp³-hybridized carbons (Fsp3) is 0.0556. The summed E-state index contributed by atoms with van der Waals surface area (Å²) in [6.07, 6.45) is 0. The number of anilines is 1. The van der Waals surface area contributed by atoms with Gasteiger partial charge in [0.15, 0.2) is 11.6 Å². The minimum Gasteiger partial charge on any atom is -0.508 e. The standard InChI is InChI=1S/C18H14FNO3/c1-23-17-8-5-12(10-16(17)19)20-18(22)15-4-2-3-11-9-13(21)6-7-14(11)15/h2-10,21H,1H3,(H,20,22). The van der Waals surface area contributed by atoms with E-state index in [-0.39, 0.29) is 17.4 Å². The number of hydrogen-bond donors (Lipinski definition) is 2. The summed E-state index contributed by atoms with van der Waals surface area (Å²) in [6, 6.07) is 14.2. The maximum absolute atomic E-state index is 13.7. The minimum atomic E-state index is -0.548. The molecule has 23 heavy (non-hydrogen) atoms. The number of aromatic hydroxyl groups is 1. The maximum Gasteiger partial charge on any atom is 0.256 e. The highest BCUT2D eigenvalue weighted by molar-refractivity contribution is 6.13. The molecule has 3 aromatic rings. The van der Waals surface area contributed by atoms with Crippen LogP contribution >= 0.6 is 0 Å². The second-order valence-electron chi connectivity index (χ2n) is 5.01. The number of halogens is 1. The Morgan fingerprint density at radius 3 is 2.70 bits per heavy atom. The molecule has 0 aliphatic carbocycles. The largest absolute Gasteiger partial charge is 0.508 e. The summed E-state index contributed by atoms with van der Waals surface area (Å²) in [5.41, 5.74) is 0.780. The Balaban J connectivity index is 1.93. The number of benzene rings is 3. The fourth-order valence-corrected chi connectivity index (χ4v) is 2.41. The van der Waals surface area contributed by atoms with Crippen molar-refractivity contribution >= 4 is 22.4 Å². The van der Waals surface area contributed by atoms with E-state index in [9.17, 15) is 14.3 Å². The lowest BCUT2D eigenvalue weighted by Crippen LogP contribution is -2.12. The van der Waals surface area contributed by atoms with Crippen LogP contribution in [0.1, 0.15) is 10.4 Å². The van der Waals surface area contributed by atoms with E-state index in [1.54, 1.807) is 36.4 Å². The van der Waals surface area contributed by atoms with Gasteiger partial charge in [0.2, 0.25) is 0 Å². The van der Waals surface area contributed by atoms with Crippen LogP contribution in [0, 0.1) is 5.82 Å². The van der Waals surface area contributed by atoms with Crippen LogP contribution < -0.4 is 10.1 Å². The lowest BCUT2D eigenvalue weighted by atomic mass is 10.0. The third-order valence-electron chi connectivity index (χ3n) is 3.52. The van der Waals surface area contributed by atoms with Gasteiger partial charge in [-0.05, 0) is 47.2 Å². The smallest absolute Gasteiger partial charge is 0.256 e. The summed E-state index contributed by atoms with van der Waals surface area (Å²) in [6.45, 7) is 0. The van der Waals surface area contributed by atoms with Gasteiger partial charge in [0.05, 0.1) is 7.11 Å². The molecule has 0 fully saturated rings. The first-order valence-electron chi connectivity index (χ1n) is 6.95. The van der Waals surface area contributed by atoms with Crippen molar-refractivity contribution in [3.63, 3.8) is 0 Å². The highest BCUT2D eigenvalue weighted by Crippen LogP contribution is 2.25. The molecule has 0 atom stereocenters. The first-order chi connectivity index (χ1) is 11.1. The number of rotatable bonds is 3. The monoisotopic (exact) mass is 311 g/mol. The molecule has 4 nitrogen and oxygen atoms in total. The molecule has 0 spiro atoms. The van der Waals surface area contributed by atoms with Gasteiger partial charge in [-0.15, -0.1) is 0 Å². The van der Waals surface area contributed by atoms with Crippen molar-refractivity contribution in [1.29, 1.82) is 0 Å². The molecule has 0 heterocycles. The van der Waals surface area contributed by atoms with Crippen LogP contribution in [0.5, 0.6) is 11.5 Å². The second kappa shape index (κ2) is 5.96. The molecule has 0 bridgehead atoms. The van der Waals surface area contributed by atoms with E-state index in [1.165, 1.54) is 25.3 Å². The van der Waals surface area contributed by atoms with E-state index in [1.807, 2.05) is 0 Å². The van der Waals surface area contributed by atoms with Crippen LogP contribution in [0.25, 0.3) is 10.8 Å². The Kier molecular flexibility index (Phi) is 3.85. The van der Waals surface area contributed by atoms with Gasteiger partial charge < -0.3 is 15.2 Å². The zero-order chi connectivity index (χ0) is 16.4. The molecule has 0 saturated heterocycles. The highest BCUT2D eigenvalue weighted by atomic mass is 19.1. The maximum atomic E-state index is 13.7. The van der Waals surface area contributed by atoms with Gasteiger partial charge in [-0.1, -0.05) is 12.1 Å². The first kappa shape index (κ1) is 14.8. The van der Waals surface area contributed by atoms with E-state index < -0.39 is 5.82 Å². The van der Waals surface area contributed by atoms with E-state index in [0.717, 1.165) is 5.39 Å². The van der Waals surface area contributed by atoms with Crippen LogP contribution in [0.4, 0.5) is 10.1 Å². The van der Waals surface area contributed by atoms with Crippen LogP contribution in [0.15, 0.2) is 54.6 Å². The number of phenolic OH excluding ortho intramolecular Hbond substituents is 1.